The summed E-state index contributed by atoms with van der Waals surface area (Å²) < 4.78 is 5.05. The lowest BCUT2D eigenvalue weighted by Crippen LogP contribution is -2.37. The van der Waals surface area contributed by atoms with E-state index >= 15 is 0 Å². The fourth-order valence-electron chi connectivity index (χ4n) is 2.33. The number of carboxylic acids is 2. The molecule has 2 heterocycles. The second-order valence-corrected chi connectivity index (χ2v) is 5.51. The molecule has 2 rings (SSSR count). The molecule has 1 aromatic rings. The second kappa shape index (κ2) is 10.7. The average Bonchev–Trinajstić information content (AvgIpc) is 3.07. The van der Waals surface area contributed by atoms with Crippen LogP contribution in [0.4, 0.5) is 5.95 Å². The monoisotopic (exact) mass is 381 g/mol. The van der Waals surface area contributed by atoms with Crippen LogP contribution in [-0.4, -0.2) is 75.7 Å². The summed E-state index contributed by atoms with van der Waals surface area (Å²) in [5.41, 5.74) is 5.77. The number of anilines is 1. The molecule has 11 nitrogen and oxygen atoms in total. The lowest BCUT2D eigenvalue weighted by Gasteiger charge is -2.15. The molecular formula is C16H23N5O6. The van der Waals surface area contributed by atoms with Gasteiger partial charge in [-0.2, -0.15) is 4.98 Å². The summed E-state index contributed by atoms with van der Waals surface area (Å²) >= 11 is 0. The standard InChI is InChI=1S/C12H19N5O2.C4H4O4/c1-3-17-5-4-8(7-17)15-10(18)9-6-14-12(13)16-11(9)19-2;5-3(6)1-2-4(7)8/h6,8H,3-5,7H2,1-2H3,(H,15,18)(H2,13,14,16);1-2H,(H,5,6)(H,7,8)/b;2-1+. The highest BCUT2D eigenvalue weighted by atomic mass is 16.5. The molecule has 0 aromatic carbocycles. The minimum Gasteiger partial charge on any atom is -0.480 e. The van der Waals surface area contributed by atoms with Gasteiger partial charge in [-0.05, 0) is 13.0 Å². The van der Waals surface area contributed by atoms with E-state index in [9.17, 15) is 14.4 Å². The van der Waals surface area contributed by atoms with Crippen LogP contribution in [0, 0.1) is 0 Å². The first kappa shape index (κ1) is 21.8. The molecule has 11 heteroatoms. The van der Waals surface area contributed by atoms with E-state index in [1.54, 1.807) is 0 Å². The Bertz CT molecular complexity index is 693. The van der Waals surface area contributed by atoms with Crippen molar-refractivity contribution in [2.24, 2.45) is 0 Å². The first-order valence-electron chi connectivity index (χ1n) is 8.10. The van der Waals surface area contributed by atoms with Crippen LogP contribution in [0.2, 0.25) is 0 Å². The van der Waals surface area contributed by atoms with Gasteiger partial charge in [-0.1, -0.05) is 6.92 Å². The number of methoxy groups -OCH3 is 1. The van der Waals surface area contributed by atoms with E-state index in [2.05, 4.69) is 27.1 Å². The van der Waals surface area contributed by atoms with E-state index in [0.29, 0.717) is 17.7 Å². The van der Waals surface area contributed by atoms with Crippen LogP contribution in [0.15, 0.2) is 18.3 Å². The van der Waals surface area contributed by atoms with Gasteiger partial charge in [0.25, 0.3) is 5.91 Å². The molecule has 5 N–H and O–H groups in total. The number of likely N-dealkylation sites (N-methyl/N-ethyl adjacent to an activating group) is 1. The van der Waals surface area contributed by atoms with Crippen LogP contribution in [-0.2, 0) is 9.59 Å². The van der Waals surface area contributed by atoms with E-state index in [-0.39, 0.29) is 23.8 Å². The number of nitrogens with zero attached hydrogens (tertiary/aromatic N) is 3. The van der Waals surface area contributed by atoms with Crippen LogP contribution < -0.4 is 15.8 Å². The Morgan fingerprint density at radius 3 is 2.48 bits per heavy atom. The van der Waals surface area contributed by atoms with Gasteiger partial charge < -0.3 is 30.9 Å². The molecule has 0 saturated carbocycles. The number of ether oxygens (including phenoxy) is 1. The maximum absolute atomic E-state index is 12.2. The van der Waals surface area contributed by atoms with Gasteiger partial charge in [-0.15, -0.1) is 0 Å². The molecular weight excluding hydrogens is 358 g/mol. The molecule has 27 heavy (non-hydrogen) atoms. The maximum atomic E-state index is 12.2. The molecule has 0 bridgehead atoms. The van der Waals surface area contributed by atoms with Gasteiger partial charge in [-0.3, -0.25) is 4.79 Å². The number of carbonyl (C=O) groups excluding carboxylic acids is 1. The quantitative estimate of drug-likeness (QED) is 0.476. The molecule has 1 fully saturated rings. The third-order valence-electron chi connectivity index (χ3n) is 3.63. The molecule has 0 radical (unpaired) electrons. The lowest BCUT2D eigenvalue weighted by molar-refractivity contribution is -0.134. The van der Waals surface area contributed by atoms with Crippen molar-refractivity contribution in [2.75, 3.05) is 32.5 Å². The summed E-state index contributed by atoms with van der Waals surface area (Å²) in [6, 6.07) is 0.162. The van der Waals surface area contributed by atoms with E-state index in [0.717, 1.165) is 26.1 Å². The van der Waals surface area contributed by atoms with Gasteiger partial charge in [0.05, 0.1) is 7.11 Å². The van der Waals surface area contributed by atoms with E-state index in [1.807, 2.05) is 0 Å². The average molecular weight is 381 g/mol. The number of nitrogens with two attached hydrogens (primary N) is 1. The number of aliphatic carboxylic acids is 2. The van der Waals surface area contributed by atoms with Crippen LogP contribution in [0.25, 0.3) is 0 Å². The number of carboxylic acid groups (broad SMARTS) is 2. The van der Waals surface area contributed by atoms with Crippen LogP contribution >= 0.6 is 0 Å². The zero-order valence-corrected chi connectivity index (χ0v) is 15.1. The summed E-state index contributed by atoms with van der Waals surface area (Å²) in [5, 5.41) is 18.6. The molecule has 148 valence electrons. The number of nitrogen functional groups attached to an aromatic ring is 1. The zero-order valence-electron chi connectivity index (χ0n) is 15.1. The highest BCUT2D eigenvalue weighted by Gasteiger charge is 2.24. The Morgan fingerprint density at radius 2 is 2.00 bits per heavy atom. The Balaban J connectivity index is 0.000000387. The molecule has 0 aliphatic carbocycles. The Labute approximate surface area is 155 Å². The highest BCUT2D eigenvalue weighted by Crippen LogP contribution is 2.16. The molecule has 1 aliphatic rings. The van der Waals surface area contributed by atoms with Gasteiger partial charge in [0.1, 0.15) is 5.56 Å². The Kier molecular flexibility index (Phi) is 8.66. The van der Waals surface area contributed by atoms with E-state index in [1.165, 1.54) is 13.3 Å². The molecule has 1 atom stereocenters. The first-order valence-corrected chi connectivity index (χ1v) is 8.10. The fourth-order valence-corrected chi connectivity index (χ4v) is 2.33. The SMILES string of the molecule is CCN1CCC(NC(=O)c2cnc(N)nc2OC)C1.O=C(O)/C=C/C(=O)O. The van der Waals surface area contributed by atoms with Crippen molar-refractivity contribution in [3.63, 3.8) is 0 Å². The Hall–Kier alpha value is -3.21. The van der Waals surface area contributed by atoms with E-state index < -0.39 is 11.9 Å². The highest BCUT2D eigenvalue weighted by molar-refractivity contribution is 5.96. The number of rotatable bonds is 6. The zero-order chi connectivity index (χ0) is 20.4. The summed E-state index contributed by atoms with van der Waals surface area (Å²) in [4.78, 5) is 41.3. The van der Waals surface area contributed by atoms with Crippen molar-refractivity contribution >= 4 is 23.8 Å². The van der Waals surface area contributed by atoms with Gasteiger partial charge >= 0.3 is 11.9 Å². The number of hydrogen-bond acceptors (Lipinski definition) is 8. The predicted octanol–water partition coefficient (Wildman–Crippen LogP) is -0.397. The van der Waals surface area contributed by atoms with Gasteiger partial charge in [0.2, 0.25) is 11.8 Å². The smallest absolute Gasteiger partial charge is 0.328 e. The molecule has 1 saturated heterocycles. The van der Waals surface area contributed by atoms with Crippen molar-refractivity contribution < 1.29 is 29.3 Å². The number of likely N-dealkylation sites (tertiary alicyclic amines) is 1. The van der Waals surface area contributed by atoms with Crippen molar-refractivity contribution in [2.45, 2.75) is 19.4 Å². The molecule has 1 aliphatic heterocycles. The van der Waals surface area contributed by atoms with Crippen LogP contribution in [0.3, 0.4) is 0 Å². The summed E-state index contributed by atoms with van der Waals surface area (Å²) in [6.45, 7) is 5.00. The number of carbonyl (C=O) groups is 3. The van der Waals surface area contributed by atoms with Crippen molar-refractivity contribution in [3.8, 4) is 5.88 Å². The van der Waals surface area contributed by atoms with Crippen molar-refractivity contribution in [1.82, 2.24) is 20.2 Å². The fraction of sp³-hybridized carbons (Fsp3) is 0.438. The Morgan fingerprint density at radius 1 is 1.37 bits per heavy atom. The molecule has 1 aromatic heterocycles. The predicted molar refractivity (Wildman–Crippen MR) is 95.4 cm³/mol. The normalized spacial score (nSPS) is 16.4. The summed E-state index contributed by atoms with van der Waals surface area (Å²) in [6.07, 6.45) is 3.46. The van der Waals surface area contributed by atoms with E-state index in [4.69, 9.17) is 20.7 Å². The van der Waals surface area contributed by atoms with Crippen LogP contribution in [0.1, 0.15) is 23.7 Å². The minimum atomic E-state index is -1.26. The first-order chi connectivity index (χ1) is 12.8. The maximum Gasteiger partial charge on any atom is 0.328 e. The number of nitrogens with one attached hydrogen (secondary N) is 1. The van der Waals surface area contributed by atoms with Crippen molar-refractivity contribution in [3.05, 3.63) is 23.9 Å². The third kappa shape index (κ3) is 7.69. The van der Waals surface area contributed by atoms with Gasteiger partial charge in [-0.25, -0.2) is 14.6 Å². The summed E-state index contributed by atoms with van der Waals surface area (Å²) in [5.74, 6) is -2.44. The van der Waals surface area contributed by atoms with Gasteiger partial charge in [0, 0.05) is 37.5 Å². The number of hydrogen-bond donors (Lipinski definition) is 4. The summed E-state index contributed by atoms with van der Waals surface area (Å²) in [7, 11) is 1.45. The number of amides is 1. The third-order valence-corrected chi connectivity index (χ3v) is 3.63. The van der Waals surface area contributed by atoms with Gasteiger partial charge in [0.15, 0.2) is 0 Å². The topological polar surface area (TPSA) is 168 Å². The molecule has 0 spiro atoms. The molecule has 1 unspecified atom stereocenters. The lowest BCUT2D eigenvalue weighted by atomic mass is 10.2. The number of aromatic nitrogens is 2. The molecule has 1 amide bonds. The van der Waals surface area contributed by atoms with Crippen LogP contribution in [0.5, 0.6) is 5.88 Å². The van der Waals surface area contributed by atoms with Crippen molar-refractivity contribution in [1.29, 1.82) is 0 Å². The largest absolute Gasteiger partial charge is 0.480 e. The second-order valence-electron chi connectivity index (χ2n) is 5.51. The minimum absolute atomic E-state index is 0.0893.